The molecular formula is C25H27N7O5. The van der Waals surface area contributed by atoms with Crippen molar-refractivity contribution in [3.05, 3.63) is 47.6 Å². The Morgan fingerprint density at radius 1 is 1.14 bits per heavy atom. The summed E-state index contributed by atoms with van der Waals surface area (Å²) in [6.07, 6.45) is 5.63. The molecule has 3 aliphatic rings. The van der Waals surface area contributed by atoms with E-state index in [0.29, 0.717) is 28.2 Å². The number of carbonyl (C=O) groups is 2. The number of fused-ring (bicyclic) bond motifs is 1. The number of rotatable bonds is 6. The molecule has 6 rings (SSSR count). The smallest absolute Gasteiger partial charge is 0.326 e. The second kappa shape index (κ2) is 9.04. The minimum absolute atomic E-state index is 0.0636. The number of benzene rings is 1. The highest BCUT2D eigenvalue weighted by molar-refractivity contribution is 6.09. The quantitative estimate of drug-likeness (QED) is 0.513. The number of methoxy groups -OCH3 is 2. The molecule has 2 aromatic heterocycles. The Bertz CT molecular complexity index is 1360. The number of carbonyl (C=O) groups excluding carboxylic acids is 2. The maximum atomic E-state index is 13.0. The number of anilines is 3. The number of nitrogens with zero attached hydrogens (tertiary/aromatic N) is 5. The van der Waals surface area contributed by atoms with Gasteiger partial charge in [-0.25, -0.2) is 0 Å². The van der Waals surface area contributed by atoms with Crippen molar-refractivity contribution in [2.45, 2.75) is 19.4 Å². The van der Waals surface area contributed by atoms with Crippen LogP contribution in [0.25, 0.3) is 0 Å². The van der Waals surface area contributed by atoms with Gasteiger partial charge in [-0.15, -0.1) is 5.10 Å². The monoisotopic (exact) mass is 505 g/mol. The number of aromatic nitrogens is 3. The maximum Gasteiger partial charge on any atom is 0.326 e. The lowest BCUT2D eigenvalue weighted by molar-refractivity contribution is 0.0971. The van der Waals surface area contributed by atoms with E-state index < -0.39 is 5.91 Å². The zero-order chi connectivity index (χ0) is 25.6. The third-order valence-corrected chi connectivity index (χ3v) is 7.36. The topological polar surface area (TPSA) is 135 Å². The fourth-order valence-corrected chi connectivity index (χ4v) is 5.35. The van der Waals surface area contributed by atoms with Gasteiger partial charge in [0.25, 0.3) is 5.91 Å². The zero-order valence-corrected chi connectivity index (χ0v) is 20.6. The van der Waals surface area contributed by atoms with E-state index in [-0.39, 0.29) is 24.4 Å². The molecule has 12 heteroatoms. The Morgan fingerprint density at radius 3 is 2.65 bits per heavy atom. The lowest BCUT2D eigenvalue weighted by atomic mass is 9.72. The predicted octanol–water partition coefficient (Wildman–Crippen LogP) is 2.08. The average molecular weight is 506 g/mol. The number of nitrogens with one attached hydrogen (secondary N) is 2. The van der Waals surface area contributed by atoms with Crippen LogP contribution in [-0.4, -0.2) is 67.4 Å². The minimum atomic E-state index is -0.572. The van der Waals surface area contributed by atoms with Gasteiger partial charge in [0.15, 0.2) is 11.5 Å². The van der Waals surface area contributed by atoms with Gasteiger partial charge in [-0.2, -0.15) is 0 Å². The summed E-state index contributed by atoms with van der Waals surface area (Å²) in [6.45, 7) is 4.17. The van der Waals surface area contributed by atoms with Crippen LogP contribution < -0.4 is 29.9 Å². The van der Waals surface area contributed by atoms with Gasteiger partial charge in [0.05, 0.1) is 38.3 Å². The van der Waals surface area contributed by atoms with Crippen molar-refractivity contribution >= 4 is 29.2 Å². The Balaban J connectivity index is 1.16. The molecule has 37 heavy (non-hydrogen) atoms. The molecule has 1 spiro atoms. The highest BCUT2D eigenvalue weighted by Crippen LogP contribution is 2.43. The molecule has 0 atom stereocenters. The van der Waals surface area contributed by atoms with Crippen LogP contribution in [0.1, 0.15) is 39.4 Å². The Morgan fingerprint density at radius 2 is 1.89 bits per heavy atom. The lowest BCUT2D eigenvalue weighted by Gasteiger charge is -2.53. The molecule has 2 saturated heterocycles. The van der Waals surface area contributed by atoms with Crippen molar-refractivity contribution in [1.29, 1.82) is 0 Å². The van der Waals surface area contributed by atoms with E-state index in [1.54, 1.807) is 24.5 Å². The molecule has 0 radical (unpaired) electrons. The summed E-state index contributed by atoms with van der Waals surface area (Å²) in [7, 11) is 3.04. The molecule has 0 aliphatic carbocycles. The normalized spacial score (nSPS) is 17.9. The standard InChI is InChI=1S/C25H27N7O5/c1-35-19-9-15-12-32(23(34)16(15)10-20(19)36-2)24-30-29-22(37-24)21(33)28-17-11-27-6-3-18(17)31-13-25(14-31)4-7-26-8-5-25/h3,6,9-11,26H,4-5,7-8,12-14H2,1-2H3,(H,28,33). The summed E-state index contributed by atoms with van der Waals surface area (Å²) in [5, 5.41) is 14.1. The average Bonchev–Trinajstić information content (AvgIpc) is 3.52. The van der Waals surface area contributed by atoms with E-state index >= 15 is 0 Å². The third kappa shape index (κ3) is 4.02. The number of piperidine rings is 1. The van der Waals surface area contributed by atoms with Gasteiger partial charge >= 0.3 is 17.8 Å². The molecule has 5 heterocycles. The third-order valence-electron chi connectivity index (χ3n) is 7.36. The number of hydrogen-bond donors (Lipinski definition) is 2. The molecule has 2 N–H and O–H groups in total. The second-order valence-corrected chi connectivity index (χ2v) is 9.60. The van der Waals surface area contributed by atoms with Crippen LogP contribution in [-0.2, 0) is 6.54 Å². The summed E-state index contributed by atoms with van der Waals surface area (Å²) in [5.74, 6) is -0.185. The van der Waals surface area contributed by atoms with E-state index in [2.05, 4.69) is 30.7 Å². The van der Waals surface area contributed by atoms with Gasteiger partial charge in [0.1, 0.15) is 0 Å². The number of amides is 2. The molecule has 2 amide bonds. The Labute approximate surface area is 212 Å². The van der Waals surface area contributed by atoms with Gasteiger partial charge < -0.3 is 29.4 Å². The van der Waals surface area contributed by atoms with E-state index in [9.17, 15) is 9.59 Å². The van der Waals surface area contributed by atoms with Crippen LogP contribution in [0.5, 0.6) is 11.5 Å². The van der Waals surface area contributed by atoms with E-state index in [1.165, 1.54) is 19.1 Å². The van der Waals surface area contributed by atoms with Crippen LogP contribution in [0.15, 0.2) is 35.0 Å². The largest absolute Gasteiger partial charge is 0.493 e. The molecule has 3 aromatic rings. The van der Waals surface area contributed by atoms with Crippen LogP contribution >= 0.6 is 0 Å². The van der Waals surface area contributed by atoms with Crippen LogP contribution in [0.3, 0.4) is 0 Å². The minimum Gasteiger partial charge on any atom is -0.493 e. The van der Waals surface area contributed by atoms with Crippen molar-refractivity contribution in [3.63, 3.8) is 0 Å². The summed E-state index contributed by atoms with van der Waals surface area (Å²) in [4.78, 5) is 33.7. The lowest BCUT2D eigenvalue weighted by Crippen LogP contribution is -2.60. The number of ether oxygens (including phenoxy) is 2. The highest BCUT2D eigenvalue weighted by Gasteiger charge is 2.44. The van der Waals surface area contributed by atoms with Gasteiger partial charge in [-0.05, 0) is 49.7 Å². The van der Waals surface area contributed by atoms with Gasteiger partial charge in [0.2, 0.25) is 0 Å². The first-order chi connectivity index (χ1) is 18.0. The first kappa shape index (κ1) is 23.2. The van der Waals surface area contributed by atoms with Crippen LogP contribution in [0.4, 0.5) is 17.4 Å². The molecule has 0 saturated carbocycles. The zero-order valence-electron chi connectivity index (χ0n) is 20.6. The van der Waals surface area contributed by atoms with Crippen molar-refractivity contribution in [3.8, 4) is 11.5 Å². The number of pyridine rings is 1. The summed E-state index contributed by atoms with van der Waals surface area (Å²) < 4.78 is 16.2. The molecule has 12 nitrogen and oxygen atoms in total. The molecule has 1 aromatic carbocycles. The van der Waals surface area contributed by atoms with Crippen LogP contribution in [0, 0.1) is 5.41 Å². The van der Waals surface area contributed by atoms with Gasteiger partial charge in [-0.1, -0.05) is 5.10 Å². The Hall–Kier alpha value is -4.19. The maximum absolute atomic E-state index is 13.0. The first-order valence-electron chi connectivity index (χ1n) is 12.1. The fraction of sp³-hybridized carbons (Fsp3) is 0.400. The SMILES string of the molecule is COc1cc2c(cc1OC)C(=O)N(c1nnc(C(=O)Nc3cnccc3N3CC4(CCNCC4)C3)o1)C2. The molecule has 0 bridgehead atoms. The van der Waals surface area contributed by atoms with Crippen molar-refractivity contribution < 1.29 is 23.5 Å². The van der Waals surface area contributed by atoms with E-state index in [4.69, 9.17) is 13.9 Å². The number of hydrogen-bond acceptors (Lipinski definition) is 10. The Kier molecular flexibility index (Phi) is 5.67. The molecule has 0 unspecified atom stereocenters. The molecule has 2 fully saturated rings. The molecule has 3 aliphatic heterocycles. The summed E-state index contributed by atoms with van der Waals surface area (Å²) >= 11 is 0. The van der Waals surface area contributed by atoms with Crippen LogP contribution in [0.2, 0.25) is 0 Å². The van der Waals surface area contributed by atoms with Crippen molar-refractivity contribution in [2.75, 3.05) is 55.5 Å². The van der Waals surface area contributed by atoms with Gasteiger partial charge in [-0.3, -0.25) is 19.5 Å². The summed E-state index contributed by atoms with van der Waals surface area (Å²) in [6, 6.07) is 5.19. The summed E-state index contributed by atoms with van der Waals surface area (Å²) in [5.41, 5.74) is 2.99. The fourth-order valence-electron chi connectivity index (χ4n) is 5.35. The van der Waals surface area contributed by atoms with E-state index in [0.717, 1.165) is 50.3 Å². The first-order valence-corrected chi connectivity index (χ1v) is 12.1. The van der Waals surface area contributed by atoms with E-state index in [1.807, 2.05) is 6.07 Å². The van der Waals surface area contributed by atoms with Crippen molar-refractivity contribution in [2.24, 2.45) is 5.41 Å². The van der Waals surface area contributed by atoms with Crippen molar-refractivity contribution in [1.82, 2.24) is 20.5 Å². The molecular weight excluding hydrogens is 478 g/mol. The second-order valence-electron chi connectivity index (χ2n) is 9.60. The molecule has 192 valence electrons. The highest BCUT2D eigenvalue weighted by atomic mass is 16.5. The predicted molar refractivity (Wildman–Crippen MR) is 133 cm³/mol. The van der Waals surface area contributed by atoms with Gasteiger partial charge in [0, 0.05) is 30.3 Å².